The molecule has 5 rings (SSSR count). The number of rotatable bonds is 5. The van der Waals surface area contributed by atoms with E-state index in [0.29, 0.717) is 5.69 Å². The third-order valence-electron chi connectivity index (χ3n) is 7.13. The Morgan fingerprint density at radius 2 is 1.81 bits per heavy atom. The van der Waals surface area contributed by atoms with Crippen molar-refractivity contribution < 1.29 is 18.0 Å². The SMILES string of the molecule is CCC(NC(=O)Cn1nc(C(F)(F)F)cc1C)C12CC3CC(CC(C3)C1)C2. The standard InChI is InChI=1S/C20H28F3N3O/c1-3-16(19-8-13-5-14(9-19)7-15(6-13)10-19)24-18(27)11-26-12(2)4-17(25-26)20(21,22)23/h4,13-16H,3,5-11H2,1-2H3,(H,24,27). The molecule has 1 atom stereocenters. The summed E-state index contributed by atoms with van der Waals surface area (Å²) in [4.78, 5) is 12.6. The lowest BCUT2D eigenvalue weighted by Crippen LogP contribution is -2.57. The summed E-state index contributed by atoms with van der Waals surface area (Å²) in [7, 11) is 0. The van der Waals surface area contributed by atoms with Gasteiger partial charge in [0, 0.05) is 11.7 Å². The molecule has 4 aliphatic rings. The zero-order valence-electron chi connectivity index (χ0n) is 16.0. The zero-order valence-corrected chi connectivity index (χ0v) is 16.0. The number of nitrogens with zero attached hydrogens (tertiary/aromatic N) is 2. The zero-order chi connectivity index (χ0) is 19.4. The quantitative estimate of drug-likeness (QED) is 0.823. The summed E-state index contributed by atoms with van der Waals surface area (Å²) in [6.07, 6.45) is 3.98. The first-order valence-electron chi connectivity index (χ1n) is 10.1. The average molecular weight is 383 g/mol. The van der Waals surface area contributed by atoms with Gasteiger partial charge in [0.1, 0.15) is 6.54 Å². The summed E-state index contributed by atoms with van der Waals surface area (Å²) in [5.74, 6) is 2.15. The van der Waals surface area contributed by atoms with E-state index >= 15 is 0 Å². The van der Waals surface area contributed by atoms with E-state index in [1.54, 1.807) is 6.92 Å². The van der Waals surface area contributed by atoms with E-state index in [1.165, 1.54) is 38.5 Å². The first kappa shape index (κ1) is 18.8. The molecule has 4 saturated carbocycles. The van der Waals surface area contributed by atoms with Gasteiger partial charge >= 0.3 is 6.18 Å². The first-order chi connectivity index (χ1) is 12.7. The van der Waals surface area contributed by atoms with E-state index in [9.17, 15) is 18.0 Å². The van der Waals surface area contributed by atoms with Crippen molar-refractivity contribution in [3.63, 3.8) is 0 Å². The molecule has 150 valence electrons. The Labute approximate surface area is 157 Å². The highest BCUT2D eigenvalue weighted by molar-refractivity contribution is 5.76. The number of carbonyl (C=O) groups is 1. The number of carbonyl (C=O) groups excluding carboxylic acids is 1. The highest BCUT2D eigenvalue weighted by Gasteiger charge is 2.54. The number of nitrogens with one attached hydrogen (secondary N) is 1. The molecule has 1 amide bonds. The van der Waals surface area contributed by atoms with Crippen molar-refractivity contribution >= 4 is 5.91 Å². The molecule has 1 aromatic rings. The minimum absolute atomic E-state index is 0.108. The van der Waals surface area contributed by atoms with Crippen LogP contribution >= 0.6 is 0 Å². The second kappa shape index (κ2) is 6.52. The molecule has 4 fully saturated rings. The van der Waals surface area contributed by atoms with Gasteiger partial charge in [-0.3, -0.25) is 9.48 Å². The second-order valence-corrected chi connectivity index (χ2v) is 9.13. The average Bonchev–Trinajstić information content (AvgIpc) is 2.92. The van der Waals surface area contributed by atoms with Crippen molar-refractivity contribution in [3.8, 4) is 0 Å². The fraction of sp³-hybridized carbons (Fsp3) is 0.800. The minimum Gasteiger partial charge on any atom is -0.351 e. The van der Waals surface area contributed by atoms with Crippen molar-refractivity contribution in [3.05, 3.63) is 17.5 Å². The Hall–Kier alpha value is -1.53. The predicted octanol–water partition coefficient (Wildman–Crippen LogP) is 4.32. The molecule has 0 aliphatic heterocycles. The van der Waals surface area contributed by atoms with Gasteiger partial charge in [-0.05, 0) is 81.1 Å². The van der Waals surface area contributed by atoms with E-state index in [4.69, 9.17) is 0 Å². The molecule has 0 saturated heterocycles. The monoisotopic (exact) mass is 383 g/mol. The summed E-state index contributed by atoms with van der Waals surface area (Å²) < 4.78 is 39.6. The normalized spacial score (nSPS) is 33.3. The smallest absolute Gasteiger partial charge is 0.351 e. The number of aromatic nitrogens is 2. The van der Waals surface area contributed by atoms with E-state index in [1.807, 2.05) is 0 Å². The summed E-state index contributed by atoms with van der Waals surface area (Å²) in [6.45, 7) is 3.49. The number of hydrogen-bond acceptors (Lipinski definition) is 2. The number of aryl methyl sites for hydroxylation is 1. The van der Waals surface area contributed by atoms with E-state index in [0.717, 1.165) is 34.9 Å². The molecule has 7 heteroatoms. The van der Waals surface area contributed by atoms with Crippen LogP contribution in [0.1, 0.15) is 63.3 Å². The van der Waals surface area contributed by atoms with Gasteiger partial charge in [0.15, 0.2) is 5.69 Å². The van der Waals surface area contributed by atoms with Gasteiger partial charge in [-0.2, -0.15) is 18.3 Å². The largest absolute Gasteiger partial charge is 0.435 e. The van der Waals surface area contributed by atoms with Crippen LogP contribution in [0.3, 0.4) is 0 Å². The molecule has 1 unspecified atom stereocenters. The van der Waals surface area contributed by atoms with Gasteiger partial charge < -0.3 is 5.32 Å². The van der Waals surface area contributed by atoms with Gasteiger partial charge in [-0.15, -0.1) is 0 Å². The van der Waals surface area contributed by atoms with Crippen LogP contribution in [0.25, 0.3) is 0 Å². The van der Waals surface area contributed by atoms with Crippen molar-refractivity contribution in [1.82, 2.24) is 15.1 Å². The maximum Gasteiger partial charge on any atom is 0.435 e. The molecule has 1 aromatic heterocycles. The molecular formula is C20H28F3N3O. The fourth-order valence-corrected chi connectivity index (χ4v) is 6.48. The van der Waals surface area contributed by atoms with Crippen LogP contribution in [0.5, 0.6) is 0 Å². The maximum absolute atomic E-state index is 12.8. The summed E-state index contributed by atoms with van der Waals surface area (Å²) >= 11 is 0. The number of hydrogen-bond donors (Lipinski definition) is 1. The van der Waals surface area contributed by atoms with Crippen molar-refractivity contribution in [1.29, 1.82) is 0 Å². The van der Waals surface area contributed by atoms with Crippen molar-refractivity contribution in [2.75, 3.05) is 0 Å². The highest BCUT2D eigenvalue weighted by atomic mass is 19.4. The van der Waals surface area contributed by atoms with Gasteiger partial charge in [0.2, 0.25) is 5.91 Å². The van der Waals surface area contributed by atoms with E-state index in [2.05, 4.69) is 17.3 Å². The van der Waals surface area contributed by atoms with Gasteiger partial charge in [0.05, 0.1) is 0 Å². The third kappa shape index (κ3) is 3.49. The highest BCUT2D eigenvalue weighted by Crippen LogP contribution is 2.61. The molecule has 4 aliphatic carbocycles. The van der Waals surface area contributed by atoms with Gasteiger partial charge in [-0.25, -0.2) is 0 Å². The number of amides is 1. The minimum atomic E-state index is -4.49. The molecule has 4 nitrogen and oxygen atoms in total. The second-order valence-electron chi connectivity index (χ2n) is 9.13. The lowest BCUT2D eigenvalue weighted by atomic mass is 9.47. The lowest BCUT2D eigenvalue weighted by molar-refractivity contribution is -0.141. The van der Waals surface area contributed by atoms with Crippen LogP contribution in [0.4, 0.5) is 13.2 Å². The molecule has 0 radical (unpaired) electrons. The maximum atomic E-state index is 12.8. The Kier molecular flexibility index (Phi) is 4.54. The molecule has 0 spiro atoms. The molecule has 4 bridgehead atoms. The number of alkyl halides is 3. The lowest BCUT2D eigenvalue weighted by Gasteiger charge is -2.59. The van der Waals surface area contributed by atoms with Crippen molar-refractivity contribution in [2.45, 2.75) is 77.6 Å². The van der Waals surface area contributed by atoms with Crippen LogP contribution in [-0.2, 0) is 17.5 Å². The molecule has 1 heterocycles. The van der Waals surface area contributed by atoms with Crippen LogP contribution in [0.15, 0.2) is 6.07 Å². The molecule has 0 aromatic carbocycles. The van der Waals surface area contributed by atoms with Crippen LogP contribution in [0.2, 0.25) is 0 Å². The Morgan fingerprint density at radius 1 is 1.26 bits per heavy atom. The van der Waals surface area contributed by atoms with E-state index in [-0.39, 0.29) is 23.9 Å². The Bertz CT molecular complexity index is 689. The van der Waals surface area contributed by atoms with Crippen LogP contribution in [-0.4, -0.2) is 21.7 Å². The predicted molar refractivity (Wildman–Crippen MR) is 94.8 cm³/mol. The topological polar surface area (TPSA) is 46.9 Å². The molecule has 1 N–H and O–H groups in total. The van der Waals surface area contributed by atoms with Crippen LogP contribution < -0.4 is 5.32 Å². The molecule has 27 heavy (non-hydrogen) atoms. The van der Waals surface area contributed by atoms with Gasteiger partial charge in [0.25, 0.3) is 0 Å². The summed E-state index contributed by atoms with van der Waals surface area (Å²) in [6, 6.07) is 1.10. The van der Waals surface area contributed by atoms with Gasteiger partial charge in [-0.1, -0.05) is 6.92 Å². The van der Waals surface area contributed by atoms with Crippen LogP contribution in [0, 0.1) is 30.1 Å². The fourth-order valence-electron chi connectivity index (χ4n) is 6.48. The third-order valence-corrected chi connectivity index (χ3v) is 7.13. The first-order valence-corrected chi connectivity index (χ1v) is 10.1. The van der Waals surface area contributed by atoms with E-state index < -0.39 is 11.9 Å². The Balaban J connectivity index is 1.45. The molecular weight excluding hydrogens is 355 g/mol. The summed E-state index contributed by atoms with van der Waals surface area (Å²) in [5, 5.41) is 6.74. The Morgan fingerprint density at radius 3 is 2.26 bits per heavy atom. The summed E-state index contributed by atoms with van der Waals surface area (Å²) in [5.41, 5.74) is -0.406. The number of halogens is 3. The van der Waals surface area contributed by atoms with Crippen molar-refractivity contribution in [2.24, 2.45) is 23.2 Å².